The molecule has 0 radical (unpaired) electrons. The van der Waals surface area contributed by atoms with Gasteiger partial charge in [-0.3, -0.25) is 9.10 Å². The molecule has 0 aliphatic carbocycles. The molecule has 0 saturated heterocycles. The van der Waals surface area contributed by atoms with Gasteiger partial charge in [0.2, 0.25) is 15.9 Å². The predicted octanol–water partition coefficient (Wildman–Crippen LogP) is 4.97. The number of carbonyl (C=O) groups is 1. The molecule has 0 unspecified atom stereocenters. The number of ether oxygens (including phenoxy) is 1. The van der Waals surface area contributed by atoms with E-state index >= 15 is 0 Å². The maximum Gasteiger partial charge on any atom is 0.232 e. The minimum absolute atomic E-state index is 0.178. The molecule has 0 atom stereocenters. The molecular weight excluding hydrogens is 412 g/mol. The van der Waals surface area contributed by atoms with Crippen molar-refractivity contribution in [1.29, 1.82) is 0 Å². The van der Waals surface area contributed by atoms with Crippen molar-refractivity contribution in [3.63, 3.8) is 0 Å². The molecule has 1 N–H and O–H groups in total. The number of nitrogens with one attached hydrogen (secondary N) is 1. The molecule has 0 fully saturated rings. The van der Waals surface area contributed by atoms with E-state index in [1.807, 2.05) is 67.6 Å². The van der Waals surface area contributed by atoms with Crippen molar-refractivity contribution in [1.82, 2.24) is 0 Å². The predicted molar refractivity (Wildman–Crippen MR) is 124 cm³/mol. The first-order valence-corrected chi connectivity index (χ1v) is 11.8. The van der Waals surface area contributed by atoms with Crippen LogP contribution in [-0.4, -0.2) is 27.1 Å². The molecule has 0 saturated carbocycles. The van der Waals surface area contributed by atoms with Gasteiger partial charge in [0.05, 0.1) is 17.6 Å². The Kier molecular flexibility index (Phi) is 7.31. The monoisotopic (exact) mass is 438 g/mol. The largest absolute Gasteiger partial charge is 0.455 e. The Balaban J connectivity index is 1.61. The number of anilines is 2. The SMILES string of the molecule is Cc1cccc(N(CCCC(=O)Nc2ccccc2Oc2ccccc2)S(C)(=O)=O)c1. The second-order valence-electron chi connectivity index (χ2n) is 7.24. The van der Waals surface area contributed by atoms with Crippen LogP contribution in [0.4, 0.5) is 11.4 Å². The minimum Gasteiger partial charge on any atom is -0.455 e. The van der Waals surface area contributed by atoms with E-state index in [-0.39, 0.29) is 18.9 Å². The normalized spacial score (nSPS) is 11.0. The fourth-order valence-electron chi connectivity index (χ4n) is 3.14. The van der Waals surface area contributed by atoms with Gasteiger partial charge in [-0.15, -0.1) is 0 Å². The van der Waals surface area contributed by atoms with E-state index < -0.39 is 10.0 Å². The van der Waals surface area contributed by atoms with Crippen molar-refractivity contribution in [3.8, 4) is 11.5 Å². The summed E-state index contributed by atoms with van der Waals surface area (Å²) < 4.78 is 31.7. The van der Waals surface area contributed by atoms with E-state index in [4.69, 9.17) is 4.74 Å². The average molecular weight is 439 g/mol. The summed E-state index contributed by atoms with van der Waals surface area (Å²) in [7, 11) is -3.45. The third-order valence-corrected chi connectivity index (χ3v) is 5.78. The lowest BCUT2D eigenvalue weighted by atomic mass is 10.2. The summed E-state index contributed by atoms with van der Waals surface area (Å²) in [5.41, 5.74) is 2.14. The van der Waals surface area contributed by atoms with Crippen LogP contribution in [0.1, 0.15) is 18.4 Å². The summed E-state index contributed by atoms with van der Waals surface area (Å²) in [5.74, 6) is 1.01. The lowest BCUT2D eigenvalue weighted by Crippen LogP contribution is -2.31. The zero-order chi connectivity index (χ0) is 22.3. The highest BCUT2D eigenvalue weighted by Gasteiger charge is 2.18. The van der Waals surface area contributed by atoms with E-state index in [0.29, 0.717) is 29.3 Å². The van der Waals surface area contributed by atoms with Gasteiger partial charge in [0.1, 0.15) is 5.75 Å². The quantitative estimate of drug-likeness (QED) is 0.512. The van der Waals surface area contributed by atoms with E-state index in [1.54, 1.807) is 18.2 Å². The van der Waals surface area contributed by atoms with Gasteiger partial charge in [0.25, 0.3) is 0 Å². The molecule has 6 nitrogen and oxygen atoms in total. The maximum atomic E-state index is 12.5. The van der Waals surface area contributed by atoms with Crippen LogP contribution in [0.15, 0.2) is 78.9 Å². The summed E-state index contributed by atoms with van der Waals surface area (Å²) in [4.78, 5) is 12.5. The van der Waals surface area contributed by atoms with E-state index in [1.165, 1.54) is 10.6 Å². The first-order chi connectivity index (χ1) is 14.8. The molecule has 162 valence electrons. The molecular formula is C24H26N2O4S. The smallest absolute Gasteiger partial charge is 0.232 e. The van der Waals surface area contributed by atoms with Crippen LogP contribution in [-0.2, 0) is 14.8 Å². The lowest BCUT2D eigenvalue weighted by Gasteiger charge is -2.22. The lowest BCUT2D eigenvalue weighted by molar-refractivity contribution is -0.116. The van der Waals surface area contributed by atoms with Crippen LogP contribution in [0.3, 0.4) is 0 Å². The van der Waals surface area contributed by atoms with Crippen LogP contribution in [0.2, 0.25) is 0 Å². The number of para-hydroxylation sites is 3. The summed E-state index contributed by atoms with van der Waals surface area (Å²) in [6.45, 7) is 2.13. The van der Waals surface area contributed by atoms with Gasteiger partial charge in [-0.25, -0.2) is 8.42 Å². The summed E-state index contributed by atoms with van der Waals surface area (Å²) in [6.07, 6.45) is 1.73. The van der Waals surface area contributed by atoms with Crippen molar-refractivity contribution >= 4 is 27.3 Å². The highest BCUT2D eigenvalue weighted by atomic mass is 32.2. The van der Waals surface area contributed by atoms with Crippen molar-refractivity contribution in [3.05, 3.63) is 84.4 Å². The number of benzene rings is 3. The highest BCUT2D eigenvalue weighted by molar-refractivity contribution is 7.92. The van der Waals surface area contributed by atoms with Crippen molar-refractivity contribution < 1.29 is 17.9 Å². The third kappa shape index (κ3) is 6.58. The van der Waals surface area contributed by atoms with Gasteiger partial charge in [-0.05, 0) is 55.3 Å². The number of nitrogens with zero attached hydrogens (tertiary/aromatic N) is 1. The zero-order valence-electron chi connectivity index (χ0n) is 17.6. The molecule has 0 aromatic heterocycles. The molecule has 0 aliphatic rings. The van der Waals surface area contributed by atoms with Gasteiger partial charge in [-0.1, -0.05) is 42.5 Å². The number of carbonyl (C=O) groups excluding carboxylic acids is 1. The van der Waals surface area contributed by atoms with E-state index in [9.17, 15) is 13.2 Å². The first kappa shape index (κ1) is 22.4. The second-order valence-corrected chi connectivity index (χ2v) is 9.14. The van der Waals surface area contributed by atoms with E-state index in [2.05, 4.69) is 5.32 Å². The zero-order valence-corrected chi connectivity index (χ0v) is 18.4. The molecule has 0 aliphatic heterocycles. The fraction of sp³-hybridized carbons (Fsp3) is 0.208. The number of hydrogen-bond acceptors (Lipinski definition) is 4. The number of amides is 1. The Labute approximate surface area is 183 Å². The van der Waals surface area contributed by atoms with Crippen LogP contribution in [0.5, 0.6) is 11.5 Å². The standard InChI is InChI=1S/C24H26N2O4S/c1-19-10-8-11-20(18-19)26(31(2,28)29)17-9-16-24(27)25-22-14-6-7-15-23(22)30-21-12-4-3-5-13-21/h3-8,10-15,18H,9,16-17H2,1-2H3,(H,25,27). The Bertz CT molecular complexity index is 1130. The van der Waals surface area contributed by atoms with Crippen LogP contribution in [0.25, 0.3) is 0 Å². The maximum absolute atomic E-state index is 12.5. The molecule has 3 aromatic carbocycles. The molecule has 0 bridgehead atoms. The number of aryl methyl sites for hydroxylation is 1. The Morgan fingerprint density at radius 1 is 0.968 bits per heavy atom. The van der Waals surface area contributed by atoms with Crippen molar-refractivity contribution in [2.45, 2.75) is 19.8 Å². The van der Waals surface area contributed by atoms with Crippen LogP contribution in [0, 0.1) is 6.92 Å². The fourth-order valence-corrected chi connectivity index (χ4v) is 4.10. The molecule has 0 spiro atoms. The Morgan fingerprint density at radius 2 is 1.68 bits per heavy atom. The summed E-state index contributed by atoms with van der Waals surface area (Å²) in [5, 5.41) is 2.86. The highest BCUT2D eigenvalue weighted by Crippen LogP contribution is 2.29. The topological polar surface area (TPSA) is 75.7 Å². The van der Waals surface area contributed by atoms with Crippen LogP contribution < -0.4 is 14.4 Å². The Morgan fingerprint density at radius 3 is 2.39 bits per heavy atom. The number of rotatable bonds is 9. The Hall–Kier alpha value is -3.32. The molecule has 7 heteroatoms. The molecule has 31 heavy (non-hydrogen) atoms. The van der Waals surface area contributed by atoms with Gasteiger partial charge >= 0.3 is 0 Å². The van der Waals surface area contributed by atoms with Gasteiger partial charge in [-0.2, -0.15) is 0 Å². The van der Waals surface area contributed by atoms with Gasteiger partial charge in [0, 0.05) is 13.0 Å². The molecule has 3 rings (SSSR count). The van der Waals surface area contributed by atoms with Crippen molar-refractivity contribution in [2.24, 2.45) is 0 Å². The summed E-state index contributed by atoms with van der Waals surface area (Å²) >= 11 is 0. The molecule has 1 amide bonds. The van der Waals surface area contributed by atoms with Gasteiger partial charge in [0.15, 0.2) is 5.75 Å². The second kappa shape index (κ2) is 10.1. The number of sulfonamides is 1. The first-order valence-electron chi connectivity index (χ1n) is 9.99. The third-order valence-electron chi connectivity index (χ3n) is 4.59. The van der Waals surface area contributed by atoms with Crippen LogP contribution >= 0.6 is 0 Å². The number of hydrogen-bond donors (Lipinski definition) is 1. The molecule has 3 aromatic rings. The van der Waals surface area contributed by atoms with E-state index in [0.717, 1.165) is 5.56 Å². The molecule has 0 heterocycles. The van der Waals surface area contributed by atoms with Gasteiger partial charge < -0.3 is 10.1 Å². The van der Waals surface area contributed by atoms with Crippen molar-refractivity contribution in [2.75, 3.05) is 22.4 Å². The minimum atomic E-state index is -3.45. The summed E-state index contributed by atoms with van der Waals surface area (Å²) in [6, 6.07) is 23.8. The average Bonchev–Trinajstić information content (AvgIpc) is 2.72.